The zero-order valence-corrected chi connectivity index (χ0v) is 8.39. The van der Waals surface area contributed by atoms with Crippen molar-refractivity contribution in [2.75, 3.05) is 0 Å². The van der Waals surface area contributed by atoms with E-state index >= 15 is 0 Å². The largest absolute Gasteiger partial charge is 0.462 e. The van der Waals surface area contributed by atoms with Crippen LogP contribution < -0.4 is 0 Å². The van der Waals surface area contributed by atoms with Gasteiger partial charge in [-0.25, -0.2) is 4.98 Å². The maximum Gasteiger partial charge on any atom is 0.213 e. The summed E-state index contributed by atoms with van der Waals surface area (Å²) in [6.07, 6.45) is 3.62. The Morgan fingerprint density at radius 2 is 2.21 bits per heavy atom. The normalized spacial score (nSPS) is 11.2. The van der Waals surface area contributed by atoms with Crippen LogP contribution in [-0.4, -0.2) is 15.2 Å². The molecule has 0 fully saturated rings. The maximum atomic E-state index is 5.35. The second-order valence-corrected chi connectivity index (χ2v) is 3.22. The van der Waals surface area contributed by atoms with E-state index in [1.807, 2.05) is 25.1 Å². The third-order valence-electron chi connectivity index (χ3n) is 1.69. The highest BCUT2D eigenvalue weighted by Gasteiger charge is 1.93. The third-order valence-corrected chi connectivity index (χ3v) is 1.88. The van der Waals surface area contributed by atoms with E-state index in [0.717, 1.165) is 11.5 Å². The predicted molar refractivity (Wildman–Crippen MR) is 56.1 cm³/mol. The van der Waals surface area contributed by atoms with Crippen molar-refractivity contribution in [2.24, 2.45) is 0 Å². The lowest BCUT2D eigenvalue weighted by molar-refractivity contribution is 0.525. The van der Waals surface area contributed by atoms with Gasteiger partial charge in [-0.05, 0) is 43.4 Å². The second kappa shape index (κ2) is 3.63. The van der Waals surface area contributed by atoms with Crippen molar-refractivity contribution < 1.29 is 4.42 Å². The summed E-state index contributed by atoms with van der Waals surface area (Å²) in [6.45, 7) is 1.90. The van der Waals surface area contributed by atoms with Crippen LogP contribution in [0.5, 0.6) is 0 Å². The number of nitrogens with zero attached hydrogens (tertiary/aromatic N) is 1. The molecular formula is C9H9N3OS. The smallest absolute Gasteiger partial charge is 0.213 e. The Balaban J connectivity index is 2.18. The zero-order valence-electron chi connectivity index (χ0n) is 7.57. The Morgan fingerprint density at radius 1 is 1.36 bits per heavy atom. The standard InChI is InChI=1S/C9H9N3OS/c1-6-2-3-7(13-6)4-5-8-10-9(14)12-11-8/h2-5H,1H3,(H2,10,11,12,14)/b5-4+. The van der Waals surface area contributed by atoms with Crippen LogP contribution in [0.25, 0.3) is 12.2 Å². The van der Waals surface area contributed by atoms with Gasteiger partial charge in [0.25, 0.3) is 0 Å². The molecule has 5 heteroatoms. The fourth-order valence-electron chi connectivity index (χ4n) is 1.07. The van der Waals surface area contributed by atoms with Gasteiger partial charge in [0.05, 0.1) is 0 Å². The molecule has 0 unspecified atom stereocenters. The van der Waals surface area contributed by atoms with E-state index in [1.165, 1.54) is 0 Å². The number of furan rings is 1. The van der Waals surface area contributed by atoms with E-state index in [-0.39, 0.29) is 0 Å². The van der Waals surface area contributed by atoms with Crippen LogP contribution in [0, 0.1) is 11.7 Å². The first kappa shape index (κ1) is 8.96. The number of nitrogens with one attached hydrogen (secondary N) is 2. The van der Waals surface area contributed by atoms with Crippen molar-refractivity contribution in [3.8, 4) is 0 Å². The summed E-state index contributed by atoms with van der Waals surface area (Å²) in [4.78, 5) is 4.01. The monoisotopic (exact) mass is 207 g/mol. The van der Waals surface area contributed by atoms with Gasteiger partial charge in [0.15, 0.2) is 0 Å². The van der Waals surface area contributed by atoms with E-state index in [9.17, 15) is 0 Å². The Hall–Kier alpha value is -1.62. The van der Waals surface area contributed by atoms with Crippen LogP contribution in [0.3, 0.4) is 0 Å². The average molecular weight is 207 g/mol. The van der Waals surface area contributed by atoms with Gasteiger partial charge in [-0.2, -0.15) is 0 Å². The molecule has 0 aliphatic carbocycles. The predicted octanol–water partition coefficient (Wildman–Crippen LogP) is 2.54. The topological polar surface area (TPSA) is 57.6 Å². The van der Waals surface area contributed by atoms with Crippen LogP contribution in [0.4, 0.5) is 0 Å². The Labute approximate surface area is 85.7 Å². The van der Waals surface area contributed by atoms with Crippen molar-refractivity contribution in [2.45, 2.75) is 6.92 Å². The summed E-state index contributed by atoms with van der Waals surface area (Å²) < 4.78 is 5.79. The summed E-state index contributed by atoms with van der Waals surface area (Å²) in [5.41, 5.74) is 0. The van der Waals surface area contributed by atoms with Gasteiger partial charge in [-0.15, -0.1) is 0 Å². The van der Waals surface area contributed by atoms with Crippen LogP contribution >= 0.6 is 12.2 Å². The van der Waals surface area contributed by atoms with E-state index < -0.39 is 0 Å². The molecule has 0 aliphatic heterocycles. The van der Waals surface area contributed by atoms with E-state index in [0.29, 0.717) is 10.6 Å². The molecule has 0 spiro atoms. The van der Waals surface area contributed by atoms with Crippen molar-refractivity contribution in [1.82, 2.24) is 15.2 Å². The minimum absolute atomic E-state index is 0.445. The molecule has 2 aromatic heterocycles. The molecular weight excluding hydrogens is 198 g/mol. The summed E-state index contributed by atoms with van der Waals surface area (Å²) in [7, 11) is 0. The van der Waals surface area contributed by atoms with Gasteiger partial charge in [0, 0.05) is 0 Å². The van der Waals surface area contributed by atoms with Crippen molar-refractivity contribution in [1.29, 1.82) is 0 Å². The number of hydrogen-bond donors (Lipinski definition) is 2. The van der Waals surface area contributed by atoms with Crippen molar-refractivity contribution >= 4 is 24.4 Å². The number of aromatic amines is 2. The first-order chi connectivity index (χ1) is 6.74. The van der Waals surface area contributed by atoms with Crippen molar-refractivity contribution in [3.63, 3.8) is 0 Å². The molecule has 0 radical (unpaired) electrons. The van der Waals surface area contributed by atoms with E-state index in [4.69, 9.17) is 16.6 Å². The summed E-state index contributed by atoms with van der Waals surface area (Å²) >= 11 is 4.81. The number of aryl methyl sites for hydroxylation is 1. The number of hydrogen-bond acceptors (Lipinski definition) is 3. The molecule has 2 rings (SSSR count). The first-order valence-corrected chi connectivity index (χ1v) is 4.54. The lowest BCUT2D eigenvalue weighted by atomic mass is 10.4. The lowest BCUT2D eigenvalue weighted by Gasteiger charge is -1.83. The molecule has 0 aromatic carbocycles. The molecule has 0 saturated carbocycles. The minimum atomic E-state index is 0.445. The molecule has 0 aliphatic rings. The minimum Gasteiger partial charge on any atom is -0.462 e. The molecule has 2 N–H and O–H groups in total. The lowest BCUT2D eigenvalue weighted by Crippen LogP contribution is -1.73. The van der Waals surface area contributed by atoms with Gasteiger partial charge in [0.2, 0.25) is 4.77 Å². The molecule has 0 saturated heterocycles. The van der Waals surface area contributed by atoms with E-state index in [2.05, 4.69) is 15.2 Å². The third kappa shape index (κ3) is 2.00. The molecule has 0 bridgehead atoms. The number of aromatic nitrogens is 3. The molecule has 14 heavy (non-hydrogen) atoms. The summed E-state index contributed by atoms with van der Waals surface area (Å²) in [5.74, 6) is 2.37. The fourth-order valence-corrected chi connectivity index (χ4v) is 1.22. The molecule has 4 nitrogen and oxygen atoms in total. The Kier molecular flexibility index (Phi) is 2.32. The Morgan fingerprint density at radius 3 is 2.79 bits per heavy atom. The summed E-state index contributed by atoms with van der Waals surface area (Å²) in [6, 6.07) is 3.81. The molecule has 0 amide bonds. The van der Waals surface area contributed by atoms with Crippen LogP contribution in [0.15, 0.2) is 16.5 Å². The second-order valence-electron chi connectivity index (χ2n) is 2.83. The zero-order chi connectivity index (χ0) is 9.97. The maximum absolute atomic E-state index is 5.35. The highest BCUT2D eigenvalue weighted by atomic mass is 32.1. The van der Waals surface area contributed by atoms with Gasteiger partial charge < -0.3 is 4.42 Å². The van der Waals surface area contributed by atoms with Crippen LogP contribution in [-0.2, 0) is 0 Å². The Bertz CT molecular complexity index is 506. The van der Waals surface area contributed by atoms with Crippen LogP contribution in [0.2, 0.25) is 0 Å². The fraction of sp³-hybridized carbons (Fsp3) is 0.111. The van der Waals surface area contributed by atoms with Crippen molar-refractivity contribution in [3.05, 3.63) is 34.2 Å². The molecule has 2 heterocycles. The molecule has 72 valence electrons. The van der Waals surface area contributed by atoms with Crippen LogP contribution in [0.1, 0.15) is 17.3 Å². The van der Waals surface area contributed by atoms with Gasteiger partial charge in [0.1, 0.15) is 17.3 Å². The first-order valence-electron chi connectivity index (χ1n) is 4.13. The molecule has 2 aromatic rings. The SMILES string of the molecule is Cc1ccc(/C=C/c2nc(=S)[nH][nH]2)o1. The quantitative estimate of drug-likeness (QED) is 0.744. The highest BCUT2D eigenvalue weighted by molar-refractivity contribution is 7.71. The number of rotatable bonds is 2. The van der Waals surface area contributed by atoms with Gasteiger partial charge in [-0.1, -0.05) is 0 Å². The van der Waals surface area contributed by atoms with Gasteiger partial charge >= 0.3 is 0 Å². The summed E-state index contributed by atoms with van der Waals surface area (Å²) in [5, 5.41) is 5.52. The van der Waals surface area contributed by atoms with E-state index in [1.54, 1.807) is 6.08 Å². The highest BCUT2D eigenvalue weighted by Crippen LogP contribution is 2.09. The number of H-pyrrole nitrogens is 2. The molecule has 0 atom stereocenters. The van der Waals surface area contributed by atoms with Gasteiger partial charge in [-0.3, -0.25) is 10.2 Å². The average Bonchev–Trinajstić information content (AvgIpc) is 2.72.